The van der Waals surface area contributed by atoms with Gasteiger partial charge in [-0.25, -0.2) is 4.98 Å². The van der Waals surface area contributed by atoms with Crippen molar-refractivity contribution in [3.63, 3.8) is 0 Å². The third kappa shape index (κ3) is 4.71. The van der Waals surface area contributed by atoms with Crippen LogP contribution in [0.3, 0.4) is 0 Å². The number of anilines is 1. The number of amides is 1. The fourth-order valence-corrected chi connectivity index (χ4v) is 3.83. The highest BCUT2D eigenvalue weighted by Gasteiger charge is 2.39. The molecule has 0 aliphatic carbocycles. The van der Waals surface area contributed by atoms with Crippen molar-refractivity contribution in [2.75, 3.05) is 25.1 Å². The molecule has 2 heterocycles. The SMILES string of the molecule is Cl.NCC1(C(=O)Nc2ncc(Cc3ccccc3Cl)s2)CCOCC1. The predicted octanol–water partition coefficient (Wildman–Crippen LogP) is 3.50. The van der Waals surface area contributed by atoms with Gasteiger partial charge in [0, 0.05) is 42.3 Å². The fraction of sp³-hybridized carbons (Fsp3) is 0.412. The molecule has 5 nitrogen and oxygen atoms in total. The lowest BCUT2D eigenvalue weighted by molar-refractivity contribution is -0.130. The van der Waals surface area contributed by atoms with Crippen LogP contribution in [-0.2, 0) is 16.0 Å². The van der Waals surface area contributed by atoms with Crippen molar-refractivity contribution in [1.82, 2.24) is 4.98 Å². The number of carbonyl (C=O) groups is 1. The smallest absolute Gasteiger partial charge is 0.233 e. The van der Waals surface area contributed by atoms with E-state index in [1.165, 1.54) is 11.3 Å². The number of benzene rings is 1. The molecule has 1 aliphatic rings. The van der Waals surface area contributed by atoms with Gasteiger partial charge in [-0.05, 0) is 24.5 Å². The van der Waals surface area contributed by atoms with Crippen LogP contribution in [0.15, 0.2) is 30.5 Å². The summed E-state index contributed by atoms with van der Waals surface area (Å²) < 4.78 is 5.35. The number of carbonyl (C=O) groups excluding carboxylic acids is 1. The zero-order valence-corrected chi connectivity index (χ0v) is 16.1. The first-order valence-corrected chi connectivity index (χ1v) is 9.10. The van der Waals surface area contributed by atoms with Gasteiger partial charge in [-0.15, -0.1) is 23.7 Å². The van der Waals surface area contributed by atoms with Crippen molar-refractivity contribution in [3.05, 3.63) is 45.9 Å². The Hall–Kier alpha value is -1.18. The topological polar surface area (TPSA) is 77.2 Å². The van der Waals surface area contributed by atoms with E-state index in [0.29, 0.717) is 44.2 Å². The molecule has 0 radical (unpaired) electrons. The molecule has 0 bridgehead atoms. The van der Waals surface area contributed by atoms with E-state index in [9.17, 15) is 4.79 Å². The Kier molecular flexibility index (Phi) is 7.22. The monoisotopic (exact) mass is 401 g/mol. The third-order valence-corrected chi connectivity index (χ3v) is 5.70. The van der Waals surface area contributed by atoms with Gasteiger partial charge in [-0.2, -0.15) is 0 Å². The average Bonchev–Trinajstić information content (AvgIpc) is 3.04. The van der Waals surface area contributed by atoms with E-state index in [-0.39, 0.29) is 18.3 Å². The molecule has 1 saturated heterocycles. The Labute approximate surface area is 162 Å². The van der Waals surface area contributed by atoms with Crippen LogP contribution in [0.25, 0.3) is 0 Å². The van der Waals surface area contributed by atoms with Crippen LogP contribution in [0.4, 0.5) is 5.13 Å². The van der Waals surface area contributed by atoms with Gasteiger partial charge < -0.3 is 15.8 Å². The highest BCUT2D eigenvalue weighted by molar-refractivity contribution is 7.15. The van der Waals surface area contributed by atoms with Crippen LogP contribution in [0, 0.1) is 5.41 Å². The van der Waals surface area contributed by atoms with Gasteiger partial charge in [-0.3, -0.25) is 4.79 Å². The lowest BCUT2D eigenvalue weighted by atomic mass is 9.79. The normalized spacial score (nSPS) is 16.1. The van der Waals surface area contributed by atoms with Crippen molar-refractivity contribution in [1.29, 1.82) is 0 Å². The summed E-state index contributed by atoms with van der Waals surface area (Å²) in [5.41, 5.74) is 6.36. The lowest BCUT2D eigenvalue weighted by Crippen LogP contribution is -2.46. The Balaban J connectivity index is 0.00000225. The summed E-state index contributed by atoms with van der Waals surface area (Å²) in [7, 11) is 0. The van der Waals surface area contributed by atoms with E-state index in [1.807, 2.05) is 24.3 Å². The molecule has 8 heteroatoms. The van der Waals surface area contributed by atoms with Gasteiger partial charge in [0.25, 0.3) is 0 Å². The minimum absolute atomic E-state index is 0. The first-order valence-electron chi connectivity index (χ1n) is 7.90. The van der Waals surface area contributed by atoms with Crippen LogP contribution >= 0.6 is 35.3 Å². The molecule has 0 saturated carbocycles. The van der Waals surface area contributed by atoms with E-state index >= 15 is 0 Å². The van der Waals surface area contributed by atoms with Crippen LogP contribution in [0.5, 0.6) is 0 Å². The molecule has 0 unspecified atom stereocenters. The fourth-order valence-electron chi connectivity index (χ4n) is 2.79. The first kappa shape index (κ1) is 20.1. The highest BCUT2D eigenvalue weighted by Crippen LogP contribution is 2.32. The molecular weight excluding hydrogens is 381 g/mol. The zero-order chi connectivity index (χ0) is 17.0. The Morgan fingerprint density at radius 2 is 2.08 bits per heavy atom. The van der Waals surface area contributed by atoms with Gasteiger partial charge in [0.2, 0.25) is 5.91 Å². The minimum Gasteiger partial charge on any atom is -0.381 e. The van der Waals surface area contributed by atoms with E-state index in [1.54, 1.807) is 6.20 Å². The summed E-state index contributed by atoms with van der Waals surface area (Å²) in [5, 5.41) is 4.26. The molecule has 1 aromatic heterocycles. The Morgan fingerprint density at radius 1 is 1.36 bits per heavy atom. The molecule has 0 spiro atoms. The summed E-state index contributed by atoms with van der Waals surface area (Å²) >= 11 is 7.66. The molecule has 2 aromatic rings. The molecule has 3 N–H and O–H groups in total. The van der Waals surface area contributed by atoms with Crippen LogP contribution in [0.1, 0.15) is 23.3 Å². The van der Waals surface area contributed by atoms with Gasteiger partial charge in [0.1, 0.15) is 0 Å². The number of nitrogens with one attached hydrogen (secondary N) is 1. The second-order valence-corrected chi connectivity index (χ2v) is 7.47. The van der Waals surface area contributed by atoms with E-state index in [0.717, 1.165) is 15.5 Å². The molecule has 1 amide bonds. The number of ether oxygens (including phenoxy) is 1. The van der Waals surface area contributed by atoms with E-state index in [2.05, 4.69) is 10.3 Å². The summed E-state index contributed by atoms with van der Waals surface area (Å²) in [6, 6.07) is 7.73. The molecular formula is C17H21Cl2N3O2S. The van der Waals surface area contributed by atoms with Crippen LogP contribution in [-0.4, -0.2) is 30.6 Å². The Bertz CT molecular complexity index is 717. The Morgan fingerprint density at radius 3 is 2.76 bits per heavy atom. The maximum absolute atomic E-state index is 12.6. The molecule has 0 atom stereocenters. The zero-order valence-electron chi connectivity index (χ0n) is 13.7. The molecule has 3 rings (SSSR count). The largest absolute Gasteiger partial charge is 0.381 e. The first-order chi connectivity index (χ1) is 11.6. The summed E-state index contributed by atoms with van der Waals surface area (Å²) in [6.45, 7) is 1.46. The lowest BCUT2D eigenvalue weighted by Gasteiger charge is -2.34. The quantitative estimate of drug-likeness (QED) is 0.803. The molecule has 1 aromatic carbocycles. The number of rotatable bonds is 5. The number of aromatic nitrogens is 1. The number of nitrogens with two attached hydrogens (primary N) is 1. The highest BCUT2D eigenvalue weighted by atomic mass is 35.5. The van der Waals surface area contributed by atoms with Crippen molar-refractivity contribution in [3.8, 4) is 0 Å². The molecule has 1 aliphatic heterocycles. The van der Waals surface area contributed by atoms with Crippen molar-refractivity contribution < 1.29 is 9.53 Å². The maximum Gasteiger partial charge on any atom is 0.233 e. The molecule has 25 heavy (non-hydrogen) atoms. The minimum atomic E-state index is -0.549. The molecule has 136 valence electrons. The second-order valence-electron chi connectivity index (χ2n) is 5.95. The van der Waals surface area contributed by atoms with Gasteiger partial charge in [-0.1, -0.05) is 29.8 Å². The maximum atomic E-state index is 12.6. The number of halogens is 2. The van der Waals surface area contributed by atoms with Crippen molar-refractivity contribution >= 4 is 46.4 Å². The summed E-state index contributed by atoms with van der Waals surface area (Å²) in [6.07, 6.45) is 3.77. The van der Waals surface area contributed by atoms with Crippen LogP contribution < -0.4 is 11.1 Å². The predicted molar refractivity (Wildman–Crippen MR) is 104 cm³/mol. The van der Waals surface area contributed by atoms with Crippen molar-refractivity contribution in [2.24, 2.45) is 11.1 Å². The van der Waals surface area contributed by atoms with Gasteiger partial charge in [0.15, 0.2) is 5.13 Å². The van der Waals surface area contributed by atoms with Gasteiger partial charge in [0.05, 0.1) is 5.41 Å². The number of nitrogens with zero attached hydrogens (tertiary/aromatic N) is 1. The van der Waals surface area contributed by atoms with E-state index < -0.39 is 5.41 Å². The van der Waals surface area contributed by atoms with E-state index in [4.69, 9.17) is 22.1 Å². The third-order valence-electron chi connectivity index (χ3n) is 4.42. The van der Waals surface area contributed by atoms with Gasteiger partial charge >= 0.3 is 0 Å². The standard InChI is InChI=1S/C17H20ClN3O2S.ClH/c18-14-4-2-1-3-12(14)9-13-10-20-16(24-13)21-15(22)17(11-19)5-7-23-8-6-17;/h1-4,10H,5-9,11,19H2,(H,20,21,22);1H. The number of thiazole rings is 1. The summed E-state index contributed by atoms with van der Waals surface area (Å²) in [5.74, 6) is -0.0630. The van der Waals surface area contributed by atoms with Crippen LogP contribution in [0.2, 0.25) is 5.02 Å². The molecule has 1 fully saturated rings. The average molecular weight is 402 g/mol. The van der Waals surface area contributed by atoms with Crippen molar-refractivity contribution in [2.45, 2.75) is 19.3 Å². The second kappa shape index (κ2) is 8.96. The number of hydrogen-bond acceptors (Lipinski definition) is 5. The summed E-state index contributed by atoms with van der Waals surface area (Å²) in [4.78, 5) is 18.0. The number of hydrogen-bond donors (Lipinski definition) is 2.